The summed E-state index contributed by atoms with van der Waals surface area (Å²) in [4.78, 5) is 4.77. The molecule has 0 aliphatic carbocycles. The summed E-state index contributed by atoms with van der Waals surface area (Å²) in [5.74, 6) is 0. The molecule has 0 atom stereocenters. The molecule has 3 heteroatoms. The van der Waals surface area contributed by atoms with Crippen molar-refractivity contribution in [3.63, 3.8) is 0 Å². The Balaban J connectivity index is 2.75. The average molecular weight is 277 g/mol. The van der Waals surface area contributed by atoms with E-state index in [1.807, 2.05) is 13.0 Å². The average Bonchev–Trinajstić information content (AvgIpc) is 2.30. The molecule has 1 N–H and O–H groups in total. The Bertz CT molecular complexity index is 612. The Hall–Kier alpha value is -1.28. The minimum Gasteiger partial charge on any atom is -0.385 e. The summed E-state index contributed by atoms with van der Waals surface area (Å²) in [5, 5.41) is 5.33. The van der Waals surface area contributed by atoms with E-state index in [4.69, 9.17) is 16.6 Å². The van der Waals surface area contributed by atoms with Crippen LogP contribution in [0.5, 0.6) is 0 Å². The Labute approximate surface area is 120 Å². The molecule has 0 aliphatic rings. The number of halogens is 1. The summed E-state index contributed by atoms with van der Waals surface area (Å²) in [6.45, 7) is 11.5. The molecule has 1 aromatic heterocycles. The molecule has 2 aromatic rings. The van der Waals surface area contributed by atoms with Gasteiger partial charge in [-0.1, -0.05) is 32.4 Å². The molecule has 0 spiro atoms. The number of hydrogen-bond donors (Lipinski definition) is 1. The number of nitrogens with zero attached hydrogens (tertiary/aromatic N) is 1. The standard InChI is InChI=1S/C16H21ClN2/c1-6-18-13-9-15(16(3,4)5)19-14-8-12(17)10(2)7-11(13)14/h7-9H,6H2,1-5H3,(H,18,19). The summed E-state index contributed by atoms with van der Waals surface area (Å²) in [7, 11) is 0. The van der Waals surface area contributed by atoms with Crippen LogP contribution in [0.2, 0.25) is 5.02 Å². The first kappa shape index (κ1) is 14.1. The molecule has 0 radical (unpaired) electrons. The zero-order chi connectivity index (χ0) is 14.2. The monoisotopic (exact) mass is 276 g/mol. The third kappa shape index (κ3) is 2.84. The number of fused-ring (bicyclic) bond motifs is 1. The summed E-state index contributed by atoms with van der Waals surface area (Å²) in [6.07, 6.45) is 0. The Morgan fingerprint density at radius 1 is 1.21 bits per heavy atom. The predicted octanol–water partition coefficient (Wildman–Crippen LogP) is 4.93. The molecule has 2 rings (SSSR count). The van der Waals surface area contributed by atoms with Crippen LogP contribution in [0.4, 0.5) is 5.69 Å². The van der Waals surface area contributed by atoms with Gasteiger partial charge in [-0.2, -0.15) is 0 Å². The number of aryl methyl sites for hydroxylation is 1. The molecule has 1 heterocycles. The van der Waals surface area contributed by atoms with Crippen molar-refractivity contribution in [3.8, 4) is 0 Å². The highest BCUT2D eigenvalue weighted by Gasteiger charge is 2.18. The van der Waals surface area contributed by atoms with Gasteiger partial charge in [-0.05, 0) is 37.6 Å². The lowest BCUT2D eigenvalue weighted by Crippen LogP contribution is -2.14. The molecule has 0 aliphatic heterocycles. The molecule has 1 aromatic carbocycles. The Morgan fingerprint density at radius 3 is 2.47 bits per heavy atom. The van der Waals surface area contributed by atoms with Crippen molar-refractivity contribution >= 4 is 28.2 Å². The minimum atomic E-state index is 0.0235. The van der Waals surface area contributed by atoms with Crippen LogP contribution in [0.25, 0.3) is 10.9 Å². The maximum atomic E-state index is 6.22. The quantitative estimate of drug-likeness (QED) is 0.842. The zero-order valence-electron chi connectivity index (χ0n) is 12.3. The smallest absolute Gasteiger partial charge is 0.0741 e. The molecule has 2 nitrogen and oxygen atoms in total. The fourth-order valence-electron chi connectivity index (χ4n) is 2.08. The Morgan fingerprint density at radius 2 is 1.89 bits per heavy atom. The molecule has 19 heavy (non-hydrogen) atoms. The second-order valence-electron chi connectivity index (χ2n) is 5.95. The van der Waals surface area contributed by atoms with Crippen molar-refractivity contribution in [2.24, 2.45) is 0 Å². The fraction of sp³-hybridized carbons (Fsp3) is 0.438. The largest absolute Gasteiger partial charge is 0.385 e. The van der Waals surface area contributed by atoms with Gasteiger partial charge < -0.3 is 5.32 Å². The number of anilines is 1. The third-order valence-electron chi connectivity index (χ3n) is 3.22. The van der Waals surface area contributed by atoms with Gasteiger partial charge in [0.2, 0.25) is 0 Å². The molecule has 0 unspecified atom stereocenters. The Kier molecular flexibility index (Phi) is 3.73. The molecule has 0 amide bonds. The second kappa shape index (κ2) is 5.01. The highest BCUT2D eigenvalue weighted by atomic mass is 35.5. The van der Waals surface area contributed by atoms with E-state index in [1.54, 1.807) is 0 Å². The van der Waals surface area contributed by atoms with Crippen LogP contribution in [0.3, 0.4) is 0 Å². The molecular formula is C16H21ClN2. The summed E-state index contributed by atoms with van der Waals surface area (Å²) >= 11 is 6.22. The van der Waals surface area contributed by atoms with Gasteiger partial charge in [0.05, 0.1) is 5.52 Å². The lowest BCUT2D eigenvalue weighted by molar-refractivity contribution is 0.572. The molecule has 0 saturated heterocycles. The fourth-order valence-corrected chi connectivity index (χ4v) is 2.23. The van der Waals surface area contributed by atoms with Crippen LogP contribution < -0.4 is 5.32 Å². The van der Waals surface area contributed by atoms with Gasteiger partial charge in [-0.15, -0.1) is 0 Å². The number of rotatable bonds is 2. The number of nitrogens with one attached hydrogen (secondary N) is 1. The topological polar surface area (TPSA) is 24.9 Å². The van der Waals surface area contributed by atoms with Crippen LogP contribution in [-0.2, 0) is 5.41 Å². The van der Waals surface area contributed by atoms with Gasteiger partial charge in [0.15, 0.2) is 0 Å². The van der Waals surface area contributed by atoms with E-state index in [2.05, 4.69) is 45.1 Å². The van der Waals surface area contributed by atoms with Gasteiger partial charge >= 0.3 is 0 Å². The number of aromatic nitrogens is 1. The molecule has 0 saturated carbocycles. The molecular weight excluding hydrogens is 256 g/mol. The van der Waals surface area contributed by atoms with Crippen molar-refractivity contribution in [2.75, 3.05) is 11.9 Å². The number of benzene rings is 1. The van der Waals surface area contributed by atoms with Crippen molar-refractivity contribution in [2.45, 2.75) is 40.0 Å². The second-order valence-corrected chi connectivity index (χ2v) is 6.36. The zero-order valence-corrected chi connectivity index (χ0v) is 13.0. The van der Waals surface area contributed by atoms with E-state index in [-0.39, 0.29) is 5.41 Å². The van der Waals surface area contributed by atoms with Gasteiger partial charge in [-0.25, -0.2) is 0 Å². The van der Waals surface area contributed by atoms with Crippen LogP contribution in [-0.4, -0.2) is 11.5 Å². The summed E-state index contributed by atoms with van der Waals surface area (Å²) < 4.78 is 0. The summed E-state index contributed by atoms with van der Waals surface area (Å²) in [5.41, 5.74) is 4.28. The first-order valence-electron chi connectivity index (χ1n) is 6.68. The first-order chi connectivity index (χ1) is 8.82. The van der Waals surface area contributed by atoms with Crippen LogP contribution in [0, 0.1) is 6.92 Å². The highest BCUT2D eigenvalue weighted by molar-refractivity contribution is 6.32. The van der Waals surface area contributed by atoms with Gasteiger partial charge in [0, 0.05) is 33.7 Å². The van der Waals surface area contributed by atoms with E-state index < -0.39 is 0 Å². The van der Waals surface area contributed by atoms with Gasteiger partial charge in [0.1, 0.15) is 0 Å². The van der Waals surface area contributed by atoms with Crippen molar-refractivity contribution in [1.29, 1.82) is 0 Å². The lowest BCUT2D eigenvalue weighted by Gasteiger charge is -2.20. The van der Waals surface area contributed by atoms with E-state index in [0.717, 1.165) is 39.4 Å². The van der Waals surface area contributed by atoms with Crippen LogP contribution in [0.15, 0.2) is 18.2 Å². The molecule has 0 bridgehead atoms. The molecule has 0 fully saturated rings. The minimum absolute atomic E-state index is 0.0235. The normalized spacial score (nSPS) is 11.9. The SMILES string of the molecule is CCNc1cc(C(C)(C)C)nc2cc(Cl)c(C)cc12. The van der Waals surface area contributed by atoms with E-state index >= 15 is 0 Å². The van der Waals surface area contributed by atoms with Crippen LogP contribution in [0.1, 0.15) is 39.0 Å². The van der Waals surface area contributed by atoms with Gasteiger partial charge in [0.25, 0.3) is 0 Å². The van der Waals surface area contributed by atoms with Crippen molar-refractivity contribution in [1.82, 2.24) is 4.98 Å². The van der Waals surface area contributed by atoms with E-state index in [9.17, 15) is 0 Å². The predicted molar refractivity (Wildman–Crippen MR) is 84.4 cm³/mol. The third-order valence-corrected chi connectivity index (χ3v) is 3.63. The number of hydrogen-bond acceptors (Lipinski definition) is 2. The number of pyridine rings is 1. The first-order valence-corrected chi connectivity index (χ1v) is 7.06. The maximum Gasteiger partial charge on any atom is 0.0741 e. The highest BCUT2D eigenvalue weighted by Crippen LogP contribution is 2.32. The van der Waals surface area contributed by atoms with E-state index in [1.165, 1.54) is 0 Å². The van der Waals surface area contributed by atoms with Gasteiger partial charge in [-0.3, -0.25) is 4.98 Å². The van der Waals surface area contributed by atoms with Crippen LogP contribution >= 0.6 is 11.6 Å². The maximum absolute atomic E-state index is 6.22. The van der Waals surface area contributed by atoms with E-state index in [0.29, 0.717) is 0 Å². The van der Waals surface area contributed by atoms with Crippen molar-refractivity contribution in [3.05, 3.63) is 34.5 Å². The molecule has 102 valence electrons. The van der Waals surface area contributed by atoms with Crippen molar-refractivity contribution < 1.29 is 0 Å². The summed E-state index contributed by atoms with van der Waals surface area (Å²) in [6, 6.07) is 6.22. The lowest BCUT2D eigenvalue weighted by atomic mass is 9.90.